The summed E-state index contributed by atoms with van der Waals surface area (Å²) in [5.74, 6) is 0.777. The molecule has 2 nitrogen and oxygen atoms in total. The van der Waals surface area contributed by atoms with Gasteiger partial charge >= 0.3 is 0 Å². The Kier molecular flexibility index (Phi) is 2.87. The molecular formula is C11H12BrNO. The van der Waals surface area contributed by atoms with Gasteiger partial charge in [0.05, 0.1) is 6.54 Å². The largest absolute Gasteiger partial charge is 0.476 e. The van der Waals surface area contributed by atoms with Crippen molar-refractivity contribution in [2.24, 2.45) is 4.99 Å². The van der Waals surface area contributed by atoms with Crippen LogP contribution in [0.2, 0.25) is 0 Å². The average Bonchev–Trinajstić information content (AvgIpc) is 2.71. The van der Waals surface area contributed by atoms with Gasteiger partial charge < -0.3 is 4.74 Å². The van der Waals surface area contributed by atoms with E-state index >= 15 is 0 Å². The third kappa shape index (κ3) is 1.98. The highest BCUT2D eigenvalue weighted by Gasteiger charge is 2.10. The fourth-order valence-electron chi connectivity index (χ4n) is 1.40. The first-order valence-electron chi connectivity index (χ1n) is 4.69. The molecule has 1 aromatic carbocycles. The number of nitrogens with zero attached hydrogens (tertiary/aromatic N) is 1. The molecular weight excluding hydrogens is 242 g/mol. The minimum absolute atomic E-state index is 0.392. The average molecular weight is 254 g/mol. The number of rotatable bonds is 2. The summed E-state index contributed by atoms with van der Waals surface area (Å²) < 4.78 is 5.38. The zero-order valence-electron chi connectivity index (χ0n) is 8.03. The van der Waals surface area contributed by atoms with Gasteiger partial charge in [-0.3, -0.25) is 0 Å². The van der Waals surface area contributed by atoms with Crippen LogP contribution in [0.4, 0.5) is 0 Å². The number of halogens is 1. The molecule has 0 saturated heterocycles. The summed E-state index contributed by atoms with van der Waals surface area (Å²) in [5.41, 5.74) is 2.34. The SMILES string of the molecule is CC(Br)c1ccc(C2=NCCO2)cc1. The summed E-state index contributed by atoms with van der Waals surface area (Å²) in [5, 5.41) is 0. The minimum atomic E-state index is 0.392. The second-order valence-electron chi connectivity index (χ2n) is 3.27. The van der Waals surface area contributed by atoms with Gasteiger partial charge in [-0.15, -0.1) is 0 Å². The number of hydrogen-bond acceptors (Lipinski definition) is 2. The molecule has 0 saturated carbocycles. The van der Waals surface area contributed by atoms with Gasteiger partial charge in [-0.1, -0.05) is 28.1 Å². The predicted molar refractivity (Wildman–Crippen MR) is 61.1 cm³/mol. The Morgan fingerprint density at radius 1 is 1.36 bits per heavy atom. The van der Waals surface area contributed by atoms with Gasteiger partial charge in [-0.05, 0) is 24.6 Å². The molecule has 1 heterocycles. The fraction of sp³-hybridized carbons (Fsp3) is 0.364. The molecule has 0 amide bonds. The summed E-state index contributed by atoms with van der Waals surface area (Å²) in [7, 11) is 0. The first kappa shape index (κ1) is 9.71. The van der Waals surface area contributed by atoms with Crippen molar-refractivity contribution in [3.63, 3.8) is 0 Å². The van der Waals surface area contributed by atoms with Crippen LogP contribution in [-0.2, 0) is 4.74 Å². The molecule has 1 aliphatic rings. The second kappa shape index (κ2) is 4.13. The molecule has 0 spiro atoms. The lowest BCUT2D eigenvalue weighted by atomic mass is 10.1. The van der Waals surface area contributed by atoms with Crippen LogP contribution in [-0.4, -0.2) is 19.0 Å². The standard InChI is InChI=1S/C11H12BrNO/c1-8(12)9-2-4-10(5-3-9)11-13-6-7-14-11/h2-5,8H,6-7H2,1H3. The number of alkyl halides is 1. The quantitative estimate of drug-likeness (QED) is 0.743. The lowest BCUT2D eigenvalue weighted by Crippen LogP contribution is -2.00. The van der Waals surface area contributed by atoms with Crippen molar-refractivity contribution in [2.75, 3.05) is 13.2 Å². The topological polar surface area (TPSA) is 21.6 Å². The molecule has 0 aliphatic carbocycles. The van der Waals surface area contributed by atoms with E-state index in [9.17, 15) is 0 Å². The summed E-state index contributed by atoms with van der Waals surface area (Å²) in [6, 6.07) is 8.30. The monoisotopic (exact) mass is 253 g/mol. The molecule has 1 unspecified atom stereocenters. The number of benzene rings is 1. The van der Waals surface area contributed by atoms with Crippen molar-refractivity contribution in [3.05, 3.63) is 35.4 Å². The molecule has 74 valence electrons. The Hall–Kier alpha value is -0.830. The van der Waals surface area contributed by atoms with E-state index in [1.165, 1.54) is 5.56 Å². The number of hydrogen-bond donors (Lipinski definition) is 0. The lowest BCUT2D eigenvalue weighted by Gasteiger charge is -2.05. The Bertz CT molecular complexity index is 343. The van der Waals surface area contributed by atoms with Gasteiger partial charge in [0.25, 0.3) is 0 Å². The van der Waals surface area contributed by atoms with Crippen molar-refractivity contribution in [1.29, 1.82) is 0 Å². The van der Waals surface area contributed by atoms with E-state index in [0.717, 1.165) is 18.0 Å². The van der Waals surface area contributed by atoms with E-state index < -0.39 is 0 Å². The van der Waals surface area contributed by atoms with Crippen molar-refractivity contribution < 1.29 is 4.74 Å². The Morgan fingerprint density at radius 3 is 2.57 bits per heavy atom. The van der Waals surface area contributed by atoms with E-state index in [-0.39, 0.29) is 0 Å². The van der Waals surface area contributed by atoms with Crippen LogP contribution in [0.15, 0.2) is 29.3 Å². The van der Waals surface area contributed by atoms with Gasteiger partial charge in [-0.2, -0.15) is 0 Å². The molecule has 14 heavy (non-hydrogen) atoms. The summed E-state index contributed by atoms with van der Waals surface area (Å²) in [4.78, 5) is 4.65. The van der Waals surface area contributed by atoms with Crippen molar-refractivity contribution in [2.45, 2.75) is 11.8 Å². The summed E-state index contributed by atoms with van der Waals surface area (Å²) in [6.07, 6.45) is 0. The Balaban J connectivity index is 2.21. The highest BCUT2D eigenvalue weighted by molar-refractivity contribution is 9.09. The van der Waals surface area contributed by atoms with E-state index in [0.29, 0.717) is 11.4 Å². The highest BCUT2D eigenvalue weighted by Crippen LogP contribution is 2.22. The molecule has 1 aliphatic heterocycles. The van der Waals surface area contributed by atoms with Gasteiger partial charge in [0.2, 0.25) is 5.90 Å². The van der Waals surface area contributed by atoms with Gasteiger partial charge in [0.15, 0.2) is 0 Å². The lowest BCUT2D eigenvalue weighted by molar-refractivity contribution is 0.348. The molecule has 0 N–H and O–H groups in total. The molecule has 3 heteroatoms. The smallest absolute Gasteiger partial charge is 0.216 e. The van der Waals surface area contributed by atoms with Crippen LogP contribution in [0.25, 0.3) is 0 Å². The maximum Gasteiger partial charge on any atom is 0.216 e. The third-order valence-electron chi connectivity index (χ3n) is 2.20. The van der Waals surface area contributed by atoms with E-state index in [1.54, 1.807) is 0 Å². The summed E-state index contributed by atoms with van der Waals surface area (Å²) in [6.45, 7) is 3.61. The normalized spacial score (nSPS) is 17.4. The third-order valence-corrected chi connectivity index (χ3v) is 2.73. The Labute approximate surface area is 92.1 Å². The minimum Gasteiger partial charge on any atom is -0.476 e. The van der Waals surface area contributed by atoms with Gasteiger partial charge in [0, 0.05) is 10.4 Å². The predicted octanol–water partition coefficient (Wildman–Crippen LogP) is 2.92. The van der Waals surface area contributed by atoms with Crippen molar-refractivity contribution in [1.82, 2.24) is 0 Å². The van der Waals surface area contributed by atoms with Gasteiger partial charge in [0.1, 0.15) is 6.61 Å². The van der Waals surface area contributed by atoms with Crippen LogP contribution in [0.1, 0.15) is 22.9 Å². The van der Waals surface area contributed by atoms with Crippen LogP contribution in [0.3, 0.4) is 0 Å². The Morgan fingerprint density at radius 2 is 2.07 bits per heavy atom. The van der Waals surface area contributed by atoms with E-state index in [1.807, 2.05) is 0 Å². The van der Waals surface area contributed by atoms with Crippen molar-refractivity contribution in [3.8, 4) is 0 Å². The molecule has 1 aromatic rings. The van der Waals surface area contributed by atoms with Crippen molar-refractivity contribution >= 4 is 21.8 Å². The molecule has 1 atom stereocenters. The van der Waals surface area contributed by atoms with Crippen LogP contribution >= 0.6 is 15.9 Å². The zero-order valence-corrected chi connectivity index (χ0v) is 9.62. The van der Waals surface area contributed by atoms with Crippen LogP contribution in [0.5, 0.6) is 0 Å². The molecule has 0 fully saturated rings. The maximum atomic E-state index is 5.38. The van der Waals surface area contributed by atoms with E-state index in [2.05, 4.69) is 52.1 Å². The number of aliphatic imine (C=N–C) groups is 1. The van der Waals surface area contributed by atoms with E-state index in [4.69, 9.17) is 4.74 Å². The molecule has 0 radical (unpaired) electrons. The zero-order chi connectivity index (χ0) is 9.97. The van der Waals surface area contributed by atoms with Crippen LogP contribution in [0, 0.1) is 0 Å². The molecule has 2 rings (SSSR count). The molecule has 0 bridgehead atoms. The summed E-state index contributed by atoms with van der Waals surface area (Å²) >= 11 is 3.53. The maximum absolute atomic E-state index is 5.38. The second-order valence-corrected chi connectivity index (χ2v) is 4.65. The fourth-order valence-corrected chi connectivity index (χ4v) is 1.71. The first-order chi connectivity index (χ1) is 6.77. The highest BCUT2D eigenvalue weighted by atomic mass is 79.9. The number of ether oxygens (including phenoxy) is 1. The van der Waals surface area contributed by atoms with Gasteiger partial charge in [-0.25, -0.2) is 4.99 Å². The first-order valence-corrected chi connectivity index (χ1v) is 5.60. The molecule has 0 aromatic heterocycles. The van der Waals surface area contributed by atoms with Crippen LogP contribution < -0.4 is 0 Å².